The number of para-hydroxylation sites is 2. The largest absolute Gasteiger partial charge is 0.330 e. The highest BCUT2D eigenvalue weighted by Gasteiger charge is 2.41. The molecule has 2 rings (SSSR count). The number of hydrogen-bond donors (Lipinski definition) is 1. The zero-order chi connectivity index (χ0) is 14.7. The summed E-state index contributed by atoms with van der Waals surface area (Å²) in [4.78, 5) is 35.5. The number of nitrogens with zero attached hydrogens (tertiary/aromatic N) is 2. The Morgan fingerprint density at radius 1 is 1.38 bits per heavy atom. The summed E-state index contributed by atoms with van der Waals surface area (Å²) >= 11 is 1.30. The van der Waals surface area contributed by atoms with Gasteiger partial charge in [-0.1, -0.05) is 12.1 Å². The van der Waals surface area contributed by atoms with Gasteiger partial charge in [-0.05, 0) is 6.07 Å². The highest BCUT2D eigenvalue weighted by atomic mass is 35.5. The van der Waals surface area contributed by atoms with E-state index in [4.69, 9.17) is 5.73 Å². The van der Waals surface area contributed by atoms with Gasteiger partial charge in [-0.25, -0.2) is 4.90 Å². The second-order valence-corrected chi connectivity index (χ2v) is 5.48. The number of imide groups is 1. The number of thioether (sulfide) groups is 1. The Morgan fingerprint density at radius 2 is 2.05 bits per heavy atom. The molecule has 0 aromatic heterocycles. The van der Waals surface area contributed by atoms with Gasteiger partial charge in [0.05, 0.1) is 10.2 Å². The molecule has 1 saturated heterocycles. The first kappa shape index (κ1) is 17.4. The molecule has 2 N–H and O–H groups in total. The highest BCUT2D eigenvalue weighted by molar-refractivity contribution is 8.00. The van der Waals surface area contributed by atoms with Crippen molar-refractivity contribution in [1.82, 2.24) is 0 Å². The number of amides is 2. The highest BCUT2D eigenvalue weighted by Crippen LogP contribution is 2.34. The van der Waals surface area contributed by atoms with Crippen LogP contribution in [0.1, 0.15) is 6.42 Å². The SMILES string of the molecule is Cl.NCCSC1CC(=O)N(c2ccccc2[N+](=O)[O-])C1=O. The molecule has 0 saturated carbocycles. The van der Waals surface area contributed by atoms with E-state index in [2.05, 4.69) is 0 Å². The first-order chi connectivity index (χ1) is 9.56. The average molecular weight is 332 g/mol. The van der Waals surface area contributed by atoms with Gasteiger partial charge in [0.1, 0.15) is 5.69 Å². The van der Waals surface area contributed by atoms with Crippen LogP contribution in [0, 0.1) is 10.1 Å². The maximum atomic E-state index is 12.2. The number of carbonyl (C=O) groups is 2. The van der Waals surface area contributed by atoms with Gasteiger partial charge in [-0.3, -0.25) is 19.7 Å². The zero-order valence-corrected chi connectivity index (χ0v) is 12.6. The summed E-state index contributed by atoms with van der Waals surface area (Å²) < 4.78 is 0. The van der Waals surface area contributed by atoms with E-state index in [-0.39, 0.29) is 30.2 Å². The molecule has 1 aromatic rings. The van der Waals surface area contributed by atoms with E-state index < -0.39 is 22.0 Å². The number of hydrogen-bond acceptors (Lipinski definition) is 6. The number of nitrogens with two attached hydrogens (primary N) is 1. The van der Waals surface area contributed by atoms with Crippen LogP contribution >= 0.6 is 24.2 Å². The van der Waals surface area contributed by atoms with Crippen LogP contribution in [0.3, 0.4) is 0 Å². The van der Waals surface area contributed by atoms with Crippen LogP contribution < -0.4 is 10.6 Å². The van der Waals surface area contributed by atoms with Crippen molar-refractivity contribution in [2.45, 2.75) is 11.7 Å². The van der Waals surface area contributed by atoms with E-state index in [0.29, 0.717) is 12.3 Å². The maximum absolute atomic E-state index is 12.2. The standard InChI is InChI=1S/C12H13N3O4S.ClH/c13-5-6-20-10-7-11(16)14(12(10)17)8-3-1-2-4-9(8)15(18)19;/h1-4,10H,5-7,13H2;1H. The van der Waals surface area contributed by atoms with Gasteiger partial charge in [-0.15, -0.1) is 24.2 Å². The molecule has 1 aromatic carbocycles. The molecule has 21 heavy (non-hydrogen) atoms. The fourth-order valence-electron chi connectivity index (χ4n) is 2.01. The Bertz CT molecular complexity index is 569. The topological polar surface area (TPSA) is 107 Å². The first-order valence-electron chi connectivity index (χ1n) is 5.98. The Balaban J connectivity index is 0.00000220. The molecule has 1 fully saturated rings. The summed E-state index contributed by atoms with van der Waals surface area (Å²) in [6.45, 7) is 0.411. The minimum atomic E-state index is -0.601. The first-order valence-corrected chi connectivity index (χ1v) is 7.03. The smallest absolute Gasteiger partial charge is 0.293 e. The van der Waals surface area contributed by atoms with E-state index in [9.17, 15) is 19.7 Å². The minimum absolute atomic E-state index is 0. The molecule has 1 heterocycles. The fraction of sp³-hybridized carbons (Fsp3) is 0.333. The molecule has 0 spiro atoms. The Morgan fingerprint density at radius 3 is 2.67 bits per heavy atom. The van der Waals surface area contributed by atoms with Crippen molar-refractivity contribution in [3.63, 3.8) is 0 Å². The molecular weight excluding hydrogens is 318 g/mol. The third kappa shape index (κ3) is 3.52. The summed E-state index contributed by atoms with van der Waals surface area (Å²) in [5.41, 5.74) is 5.16. The van der Waals surface area contributed by atoms with E-state index in [1.54, 1.807) is 6.07 Å². The van der Waals surface area contributed by atoms with Crippen LogP contribution in [-0.2, 0) is 9.59 Å². The van der Waals surface area contributed by atoms with Crippen molar-refractivity contribution < 1.29 is 14.5 Å². The van der Waals surface area contributed by atoms with E-state index >= 15 is 0 Å². The lowest BCUT2D eigenvalue weighted by Gasteiger charge is -2.14. The Labute approximate surface area is 131 Å². The molecule has 0 aliphatic carbocycles. The summed E-state index contributed by atoms with van der Waals surface area (Å²) in [5, 5.41) is 10.5. The van der Waals surface area contributed by atoms with Crippen LogP contribution in [0.2, 0.25) is 0 Å². The van der Waals surface area contributed by atoms with Crippen LogP contribution in [0.25, 0.3) is 0 Å². The van der Waals surface area contributed by atoms with Crippen LogP contribution in [0.5, 0.6) is 0 Å². The molecule has 1 aliphatic rings. The molecule has 7 nitrogen and oxygen atoms in total. The predicted octanol–water partition coefficient (Wildman–Crippen LogP) is 1.34. The molecule has 114 valence electrons. The van der Waals surface area contributed by atoms with Gasteiger partial charge in [0.25, 0.3) is 5.69 Å². The molecule has 0 radical (unpaired) electrons. The molecule has 2 amide bonds. The normalized spacial score (nSPS) is 17.8. The quantitative estimate of drug-likeness (QED) is 0.495. The van der Waals surface area contributed by atoms with E-state index in [1.807, 2.05) is 0 Å². The monoisotopic (exact) mass is 331 g/mol. The number of carbonyl (C=O) groups excluding carboxylic acids is 2. The number of rotatable bonds is 5. The molecule has 1 atom stereocenters. The van der Waals surface area contributed by atoms with Crippen molar-refractivity contribution in [1.29, 1.82) is 0 Å². The van der Waals surface area contributed by atoms with Gasteiger partial charge in [0.2, 0.25) is 11.8 Å². The van der Waals surface area contributed by atoms with Crippen LogP contribution in [0.15, 0.2) is 24.3 Å². The van der Waals surface area contributed by atoms with E-state index in [1.165, 1.54) is 30.0 Å². The maximum Gasteiger partial charge on any atom is 0.293 e. The predicted molar refractivity (Wildman–Crippen MR) is 82.8 cm³/mol. The number of nitro benzene ring substituents is 1. The molecular formula is C12H14ClN3O4S. The minimum Gasteiger partial charge on any atom is -0.330 e. The van der Waals surface area contributed by atoms with Crippen molar-refractivity contribution in [2.24, 2.45) is 5.73 Å². The summed E-state index contributed by atoms with van der Waals surface area (Å²) in [6, 6.07) is 5.73. The fourth-order valence-corrected chi connectivity index (χ4v) is 2.93. The van der Waals surface area contributed by atoms with Crippen molar-refractivity contribution in [2.75, 3.05) is 17.2 Å². The molecule has 9 heteroatoms. The van der Waals surface area contributed by atoms with Gasteiger partial charge in [-0.2, -0.15) is 0 Å². The third-order valence-corrected chi connectivity index (χ3v) is 4.10. The number of anilines is 1. The molecule has 0 bridgehead atoms. The Hall–Kier alpha value is -1.64. The summed E-state index contributed by atoms with van der Waals surface area (Å²) in [5.74, 6) is -0.268. The summed E-state index contributed by atoms with van der Waals surface area (Å²) in [6.07, 6.45) is 0.0511. The number of benzene rings is 1. The molecule has 1 unspecified atom stereocenters. The second kappa shape index (κ2) is 7.39. The zero-order valence-electron chi connectivity index (χ0n) is 10.9. The van der Waals surface area contributed by atoms with Gasteiger partial charge < -0.3 is 5.73 Å². The van der Waals surface area contributed by atoms with Crippen LogP contribution in [0.4, 0.5) is 11.4 Å². The lowest BCUT2D eigenvalue weighted by atomic mass is 10.2. The van der Waals surface area contributed by atoms with Gasteiger partial charge in [0, 0.05) is 24.8 Å². The number of halogens is 1. The third-order valence-electron chi connectivity index (χ3n) is 2.86. The lowest BCUT2D eigenvalue weighted by molar-refractivity contribution is -0.384. The lowest BCUT2D eigenvalue weighted by Crippen LogP contribution is -2.31. The molecule has 1 aliphatic heterocycles. The average Bonchev–Trinajstić information content (AvgIpc) is 2.71. The van der Waals surface area contributed by atoms with Gasteiger partial charge >= 0.3 is 0 Å². The van der Waals surface area contributed by atoms with E-state index in [0.717, 1.165) is 4.90 Å². The van der Waals surface area contributed by atoms with Gasteiger partial charge in [0.15, 0.2) is 0 Å². The van der Waals surface area contributed by atoms with Crippen LogP contribution in [-0.4, -0.2) is 34.3 Å². The van der Waals surface area contributed by atoms with Crippen molar-refractivity contribution in [3.8, 4) is 0 Å². The summed E-state index contributed by atoms with van der Waals surface area (Å²) in [7, 11) is 0. The Kier molecular flexibility index (Phi) is 6.13. The van der Waals surface area contributed by atoms with Crippen molar-refractivity contribution >= 4 is 47.4 Å². The number of nitro groups is 1. The second-order valence-electron chi connectivity index (χ2n) is 4.17. The van der Waals surface area contributed by atoms with Crippen molar-refractivity contribution in [3.05, 3.63) is 34.4 Å².